The molecule has 2 atom stereocenters. The zero-order valence-corrected chi connectivity index (χ0v) is 23.0. The van der Waals surface area contributed by atoms with E-state index >= 15 is 0 Å². The van der Waals surface area contributed by atoms with Crippen molar-refractivity contribution in [2.45, 2.75) is 28.8 Å². The average molecular weight is 565 g/mol. The topological polar surface area (TPSA) is 89.1 Å². The molecule has 1 fully saturated rings. The first-order chi connectivity index (χ1) is 19.5. The monoisotopic (exact) mass is 564 g/mol. The van der Waals surface area contributed by atoms with Crippen LogP contribution >= 0.6 is 24.0 Å². The van der Waals surface area contributed by atoms with Gasteiger partial charge in [-0.1, -0.05) is 17.8 Å². The highest BCUT2D eigenvalue weighted by molar-refractivity contribution is 7.99. The molecule has 40 heavy (non-hydrogen) atoms. The van der Waals surface area contributed by atoms with Gasteiger partial charge in [-0.05, 0) is 91.9 Å². The molecule has 1 saturated heterocycles. The second-order valence-electron chi connectivity index (χ2n) is 9.29. The minimum absolute atomic E-state index is 0.0783. The molecular weight excluding hydrogens is 541 g/mol. The highest BCUT2D eigenvalue weighted by atomic mass is 32.2. The molecule has 198 valence electrons. The van der Waals surface area contributed by atoms with E-state index in [0.717, 1.165) is 38.2 Å². The van der Waals surface area contributed by atoms with Crippen molar-refractivity contribution in [3.8, 4) is 5.69 Å². The molecule has 0 bridgehead atoms. The summed E-state index contributed by atoms with van der Waals surface area (Å²) in [6.07, 6.45) is 5.43. The summed E-state index contributed by atoms with van der Waals surface area (Å²) in [4.78, 5) is 23.7. The SMILES string of the molecule is Cc1ccc([C@H]2[C@@H](c3ccccn3)NC(=S)N2c2ccc(Sc3ccc([N+](=O)[O-])cc3)cc2)n1-c1cccnc1. The molecule has 10 heteroatoms. The van der Waals surface area contributed by atoms with Gasteiger partial charge in [0.05, 0.1) is 28.5 Å². The standard InChI is InChI=1S/C30H24N6O2S2/c1-20-7-16-27(34(20)23-5-4-17-31-19-23)29-28(26-6-2-3-18-32-26)33-30(39)35(29)21-8-12-24(13-9-21)40-25-14-10-22(11-15-25)36(37)38/h2-19,28-29H,1H3,(H,33,39)/t28-,29+/m1/s1. The second kappa shape index (κ2) is 10.9. The van der Waals surface area contributed by atoms with Crippen molar-refractivity contribution in [1.29, 1.82) is 0 Å². The minimum Gasteiger partial charge on any atom is -0.351 e. The summed E-state index contributed by atoms with van der Waals surface area (Å²) in [5, 5.41) is 15.1. The van der Waals surface area contributed by atoms with E-state index in [1.165, 1.54) is 12.1 Å². The van der Waals surface area contributed by atoms with Gasteiger partial charge in [0.1, 0.15) is 6.04 Å². The first-order valence-electron chi connectivity index (χ1n) is 12.6. The Morgan fingerprint density at radius 1 is 0.900 bits per heavy atom. The number of thiocarbonyl (C=S) groups is 1. The number of nitrogens with zero attached hydrogens (tertiary/aromatic N) is 5. The summed E-state index contributed by atoms with van der Waals surface area (Å²) in [5.74, 6) is 0. The maximum Gasteiger partial charge on any atom is 0.269 e. The molecule has 4 heterocycles. The lowest BCUT2D eigenvalue weighted by atomic mass is 10.0. The summed E-state index contributed by atoms with van der Waals surface area (Å²) in [7, 11) is 0. The largest absolute Gasteiger partial charge is 0.351 e. The van der Waals surface area contributed by atoms with E-state index in [1.807, 2.05) is 42.6 Å². The van der Waals surface area contributed by atoms with E-state index < -0.39 is 4.92 Å². The number of aromatic nitrogens is 3. The van der Waals surface area contributed by atoms with E-state index in [0.29, 0.717) is 5.11 Å². The van der Waals surface area contributed by atoms with Crippen LogP contribution in [0.4, 0.5) is 11.4 Å². The first-order valence-corrected chi connectivity index (χ1v) is 13.8. The lowest BCUT2D eigenvalue weighted by Crippen LogP contribution is -2.30. The van der Waals surface area contributed by atoms with Gasteiger partial charge in [-0.25, -0.2) is 0 Å². The van der Waals surface area contributed by atoms with Crippen LogP contribution < -0.4 is 10.2 Å². The van der Waals surface area contributed by atoms with Crippen molar-refractivity contribution in [2.75, 3.05) is 4.90 Å². The molecule has 0 saturated carbocycles. The Kier molecular flexibility index (Phi) is 7.02. The molecule has 0 radical (unpaired) electrons. The number of nitro benzene ring substituents is 1. The first kappa shape index (κ1) is 25.7. The Labute approximate surface area is 240 Å². The van der Waals surface area contributed by atoms with Crippen LogP contribution in [-0.4, -0.2) is 24.6 Å². The Morgan fingerprint density at radius 3 is 2.30 bits per heavy atom. The van der Waals surface area contributed by atoms with Crippen molar-refractivity contribution in [3.63, 3.8) is 0 Å². The van der Waals surface area contributed by atoms with Crippen molar-refractivity contribution >= 4 is 40.5 Å². The third-order valence-electron chi connectivity index (χ3n) is 6.81. The van der Waals surface area contributed by atoms with Crippen molar-refractivity contribution in [2.24, 2.45) is 0 Å². The van der Waals surface area contributed by atoms with Crippen LogP contribution in [0, 0.1) is 17.0 Å². The molecule has 8 nitrogen and oxygen atoms in total. The maximum atomic E-state index is 11.0. The average Bonchev–Trinajstić information content (AvgIpc) is 3.53. The van der Waals surface area contributed by atoms with E-state index in [-0.39, 0.29) is 17.8 Å². The third-order valence-corrected chi connectivity index (χ3v) is 8.14. The molecule has 0 aliphatic carbocycles. The van der Waals surface area contributed by atoms with E-state index in [1.54, 1.807) is 36.3 Å². The Morgan fingerprint density at radius 2 is 1.65 bits per heavy atom. The fraction of sp³-hybridized carbons (Fsp3) is 0.100. The second-order valence-corrected chi connectivity index (χ2v) is 10.8. The van der Waals surface area contributed by atoms with Gasteiger partial charge in [-0.15, -0.1) is 0 Å². The zero-order chi connectivity index (χ0) is 27.6. The fourth-order valence-corrected chi connectivity index (χ4v) is 6.17. The third kappa shape index (κ3) is 4.94. The summed E-state index contributed by atoms with van der Waals surface area (Å²) in [5.41, 5.74) is 5.07. The zero-order valence-electron chi connectivity index (χ0n) is 21.4. The number of aryl methyl sites for hydroxylation is 1. The Hall–Kier alpha value is -4.54. The molecule has 0 amide bonds. The molecule has 1 aliphatic rings. The molecule has 1 aliphatic heterocycles. The number of rotatable bonds is 7. The van der Waals surface area contributed by atoms with E-state index in [4.69, 9.17) is 12.2 Å². The van der Waals surface area contributed by atoms with Crippen LogP contribution in [-0.2, 0) is 0 Å². The van der Waals surface area contributed by atoms with E-state index in [9.17, 15) is 10.1 Å². The van der Waals surface area contributed by atoms with Crippen LogP contribution in [0.25, 0.3) is 5.69 Å². The Bertz CT molecular complexity index is 1660. The van der Waals surface area contributed by atoms with Gasteiger partial charge in [0.25, 0.3) is 5.69 Å². The number of non-ortho nitro benzene ring substituents is 1. The minimum atomic E-state index is -0.392. The number of hydrogen-bond donors (Lipinski definition) is 1. The maximum absolute atomic E-state index is 11.0. The number of nitro groups is 1. The highest BCUT2D eigenvalue weighted by Crippen LogP contribution is 2.43. The molecule has 1 N–H and O–H groups in total. The predicted octanol–water partition coefficient (Wildman–Crippen LogP) is 6.81. The lowest BCUT2D eigenvalue weighted by Gasteiger charge is -2.29. The summed E-state index contributed by atoms with van der Waals surface area (Å²) in [6, 6.07) is 28.6. The van der Waals surface area contributed by atoms with Crippen molar-refractivity contribution < 1.29 is 4.92 Å². The predicted molar refractivity (Wildman–Crippen MR) is 160 cm³/mol. The van der Waals surface area contributed by atoms with Crippen LogP contribution in [0.1, 0.15) is 29.2 Å². The fourth-order valence-electron chi connectivity index (χ4n) is 5.01. The van der Waals surface area contributed by atoms with Crippen LogP contribution in [0.15, 0.2) is 119 Å². The van der Waals surface area contributed by atoms with Gasteiger partial charge < -0.3 is 14.8 Å². The molecular formula is C30H24N6O2S2. The lowest BCUT2D eigenvalue weighted by molar-refractivity contribution is -0.384. The summed E-state index contributed by atoms with van der Waals surface area (Å²) >= 11 is 7.47. The van der Waals surface area contributed by atoms with Crippen LogP contribution in [0.2, 0.25) is 0 Å². The van der Waals surface area contributed by atoms with Gasteiger partial charge in [0.2, 0.25) is 0 Å². The van der Waals surface area contributed by atoms with Gasteiger partial charge in [0.15, 0.2) is 5.11 Å². The van der Waals surface area contributed by atoms with Gasteiger partial charge in [-0.3, -0.25) is 20.1 Å². The van der Waals surface area contributed by atoms with Gasteiger partial charge in [0, 0.05) is 51.4 Å². The molecule has 0 spiro atoms. The quantitative estimate of drug-likeness (QED) is 0.131. The van der Waals surface area contributed by atoms with Crippen LogP contribution in [0.3, 0.4) is 0 Å². The number of benzene rings is 2. The highest BCUT2D eigenvalue weighted by Gasteiger charge is 2.42. The molecule has 3 aromatic heterocycles. The smallest absolute Gasteiger partial charge is 0.269 e. The molecule has 2 aromatic carbocycles. The van der Waals surface area contributed by atoms with Gasteiger partial charge >= 0.3 is 0 Å². The van der Waals surface area contributed by atoms with Crippen LogP contribution in [0.5, 0.6) is 0 Å². The van der Waals surface area contributed by atoms with Gasteiger partial charge in [-0.2, -0.15) is 0 Å². The number of anilines is 1. The number of pyridine rings is 2. The number of hydrogen-bond acceptors (Lipinski definition) is 6. The summed E-state index contributed by atoms with van der Waals surface area (Å²) < 4.78 is 2.22. The molecule has 0 unspecified atom stereocenters. The molecule has 6 rings (SSSR count). The van der Waals surface area contributed by atoms with Crippen molar-refractivity contribution in [1.82, 2.24) is 19.9 Å². The summed E-state index contributed by atoms with van der Waals surface area (Å²) in [6.45, 7) is 2.08. The number of nitrogens with one attached hydrogen (secondary N) is 1. The molecule has 5 aromatic rings. The Balaban J connectivity index is 1.37. The van der Waals surface area contributed by atoms with Crippen molar-refractivity contribution in [3.05, 3.63) is 137 Å². The van der Waals surface area contributed by atoms with E-state index in [2.05, 4.69) is 62.0 Å². The normalized spacial score (nSPS) is 16.6.